The summed E-state index contributed by atoms with van der Waals surface area (Å²) < 4.78 is 0. The van der Waals surface area contributed by atoms with E-state index in [1.807, 2.05) is 12.1 Å². The standard InChI is InChI=1S/C18H24Cl2N4O/c19-14-6-7-15(16(20)12-14)17-13-18(22-21-17)23-25-11-5-4-10-24-8-2-1-3-9-24/h6-7,12-13H,1-5,8-11H2,(H2,21,22,23). The number of rotatable bonds is 8. The van der Waals surface area contributed by atoms with Crippen molar-refractivity contribution >= 4 is 29.0 Å². The molecule has 0 bridgehead atoms. The van der Waals surface area contributed by atoms with Crippen LogP contribution in [0.1, 0.15) is 32.1 Å². The lowest BCUT2D eigenvalue weighted by Gasteiger charge is -2.26. The molecular formula is C18H24Cl2N4O. The summed E-state index contributed by atoms with van der Waals surface area (Å²) in [6.45, 7) is 4.34. The Bertz CT molecular complexity index is 671. The van der Waals surface area contributed by atoms with Crippen molar-refractivity contribution in [1.29, 1.82) is 0 Å². The number of H-pyrrole nitrogens is 1. The van der Waals surface area contributed by atoms with E-state index in [9.17, 15) is 0 Å². The maximum absolute atomic E-state index is 6.21. The Kier molecular flexibility index (Phi) is 6.99. The Morgan fingerprint density at radius 1 is 1.12 bits per heavy atom. The van der Waals surface area contributed by atoms with Crippen LogP contribution in [0, 0.1) is 0 Å². The van der Waals surface area contributed by atoms with E-state index in [0.717, 1.165) is 24.1 Å². The van der Waals surface area contributed by atoms with Gasteiger partial charge in [-0.2, -0.15) is 5.10 Å². The highest BCUT2D eigenvalue weighted by molar-refractivity contribution is 6.36. The van der Waals surface area contributed by atoms with Gasteiger partial charge in [0, 0.05) is 16.7 Å². The van der Waals surface area contributed by atoms with Crippen molar-refractivity contribution in [2.24, 2.45) is 0 Å². The molecule has 0 spiro atoms. The van der Waals surface area contributed by atoms with Crippen molar-refractivity contribution in [3.63, 3.8) is 0 Å². The third kappa shape index (κ3) is 5.61. The molecule has 3 rings (SSSR count). The summed E-state index contributed by atoms with van der Waals surface area (Å²) in [6, 6.07) is 7.24. The lowest BCUT2D eigenvalue weighted by Crippen LogP contribution is -2.30. The SMILES string of the molecule is Clc1ccc(-c2cc(NOCCCCN3CCCCC3)n[nH]2)c(Cl)c1. The number of anilines is 1. The van der Waals surface area contributed by atoms with Gasteiger partial charge in [0.15, 0.2) is 5.82 Å². The quantitative estimate of drug-likeness (QED) is 0.498. The first kappa shape index (κ1) is 18.5. The number of benzene rings is 1. The second-order valence-corrected chi connectivity index (χ2v) is 7.19. The lowest BCUT2D eigenvalue weighted by atomic mass is 10.1. The highest BCUT2D eigenvalue weighted by atomic mass is 35.5. The largest absolute Gasteiger partial charge is 0.303 e. The van der Waals surface area contributed by atoms with E-state index in [4.69, 9.17) is 28.0 Å². The fourth-order valence-electron chi connectivity index (χ4n) is 3.04. The summed E-state index contributed by atoms with van der Waals surface area (Å²) in [5.74, 6) is 0.636. The van der Waals surface area contributed by atoms with Crippen LogP contribution in [-0.4, -0.2) is 41.3 Å². The summed E-state index contributed by atoms with van der Waals surface area (Å²) in [7, 11) is 0. The average Bonchev–Trinajstić information content (AvgIpc) is 3.07. The van der Waals surface area contributed by atoms with Crippen molar-refractivity contribution in [1.82, 2.24) is 15.1 Å². The molecule has 7 heteroatoms. The van der Waals surface area contributed by atoms with Gasteiger partial charge in [-0.3, -0.25) is 9.94 Å². The molecule has 1 aliphatic rings. The molecular weight excluding hydrogens is 359 g/mol. The Morgan fingerprint density at radius 3 is 2.76 bits per heavy atom. The van der Waals surface area contributed by atoms with Crippen LogP contribution in [-0.2, 0) is 4.84 Å². The topological polar surface area (TPSA) is 53.2 Å². The number of aromatic nitrogens is 2. The molecule has 1 fully saturated rings. The van der Waals surface area contributed by atoms with Gasteiger partial charge in [-0.1, -0.05) is 29.6 Å². The highest BCUT2D eigenvalue weighted by Crippen LogP contribution is 2.30. The fraction of sp³-hybridized carbons (Fsp3) is 0.500. The summed E-state index contributed by atoms with van der Waals surface area (Å²) in [5, 5.41) is 8.33. The van der Waals surface area contributed by atoms with E-state index in [-0.39, 0.29) is 0 Å². The molecule has 1 aromatic heterocycles. The van der Waals surface area contributed by atoms with Gasteiger partial charge in [-0.05, 0) is 63.5 Å². The van der Waals surface area contributed by atoms with Gasteiger partial charge in [0.25, 0.3) is 0 Å². The smallest absolute Gasteiger partial charge is 0.172 e. The third-order valence-corrected chi connectivity index (χ3v) is 4.94. The third-order valence-electron chi connectivity index (χ3n) is 4.40. The zero-order valence-electron chi connectivity index (χ0n) is 14.2. The Balaban J connectivity index is 1.37. The number of aromatic amines is 1. The molecule has 0 radical (unpaired) electrons. The van der Waals surface area contributed by atoms with E-state index < -0.39 is 0 Å². The summed E-state index contributed by atoms with van der Waals surface area (Å²) >= 11 is 12.1. The second-order valence-electron chi connectivity index (χ2n) is 6.35. The van der Waals surface area contributed by atoms with E-state index in [0.29, 0.717) is 22.5 Å². The average molecular weight is 383 g/mol. The molecule has 0 saturated carbocycles. The molecule has 0 unspecified atom stereocenters. The van der Waals surface area contributed by atoms with Gasteiger partial charge in [0.2, 0.25) is 0 Å². The molecule has 25 heavy (non-hydrogen) atoms. The van der Waals surface area contributed by atoms with Gasteiger partial charge >= 0.3 is 0 Å². The van der Waals surface area contributed by atoms with Crippen molar-refractivity contribution in [3.05, 3.63) is 34.3 Å². The second kappa shape index (κ2) is 9.43. The summed E-state index contributed by atoms with van der Waals surface area (Å²) in [5.41, 5.74) is 4.55. The van der Waals surface area contributed by atoms with Gasteiger partial charge in [-0.25, -0.2) is 5.48 Å². The minimum Gasteiger partial charge on any atom is -0.303 e. The number of hydrogen-bond donors (Lipinski definition) is 2. The zero-order valence-corrected chi connectivity index (χ0v) is 15.7. The van der Waals surface area contributed by atoms with E-state index in [2.05, 4.69) is 20.6 Å². The number of halogens is 2. The van der Waals surface area contributed by atoms with Crippen LogP contribution < -0.4 is 5.48 Å². The van der Waals surface area contributed by atoms with Crippen molar-refractivity contribution in [2.45, 2.75) is 32.1 Å². The van der Waals surface area contributed by atoms with Crippen LogP contribution in [0.15, 0.2) is 24.3 Å². The number of piperidine rings is 1. The molecule has 0 aliphatic carbocycles. The van der Waals surface area contributed by atoms with Crippen LogP contribution in [0.25, 0.3) is 11.3 Å². The maximum Gasteiger partial charge on any atom is 0.172 e. The van der Waals surface area contributed by atoms with Crippen LogP contribution in [0.4, 0.5) is 5.82 Å². The minimum absolute atomic E-state index is 0.585. The van der Waals surface area contributed by atoms with E-state index in [1.165, 1.54) is 38.9 Å². The Morgan fingerprint density at radius 2 is 1.96 bits per heavy atom. The monoisotopic (exact) mass is 382 g/mol. The summed E-state index contributed by atoms with van der Waals surface area (Å²) in [4.78, 5) is 8.05. The number of nitrogens with one attached hydrogen (secondary N) is 2. The molecule has 1 aliphatic heterocycles. The number of unbranched alkanes of at least 4 members (excludes halogenated alkanes) is 1. The number of likely N-dealkylation sites (tertiary alicyclic amines) is 1. The molecule has 2 N–H and O–H groups in total. The molecule has 2 heterocycles. The van der Waals surface area contributed by atoms with Crippen LogP contribution in [0.3, 0.4) is 0 Å². The molecule has 1 saturated heterocycles. The van der Waals surface area contributed by atoms with Crippen molar-refractivity contribution < 1.29 is 4.84 Å². The van der Waals surface area contributed by atoms with Gasteiger partial charge in [0.1, 0.15) is 0 Å². The molecule has 5 nitrogen and oxygen atoms in total. The van der Waals surface area contributed by atoms with Gasteiger partial charge in [-0.15, -0.1) is 0 Å². The van der Waals surface area contributed by atoms with Crippen LogP contribution >= 0.6 is 23.2 Å². The molecule has 0 amide bonds. The molecule has 2 aromatic rings. The molecule has 0 atom stereocenters. The van der Waals surface area contributed by atoms with Crippen molar-refractivity contribution in [3.8, 4) is 11.3 Å². The summed E-state index contributed by atoms with van der Waals surface area (Å²) in [6.07, 6.45) is 6.27. The fourth-order valence-corrected chi connectivity index (χ4v) is 3.55. The van der Waals surface area contributed by atoms with E-state index >= 15 is 0 Å². The van der Waals surface area contributed by atoms with E-state index in [1.54, 1.807) is 12.1 Å². The Labute approximate surface area is 158 Å². The maximum atomic E-state index is 6.21. The van der Waals surface area contributed by atoms with Gasteiger partial charge in [0.05, 0.1) is 17.3 Å². The normalized spacial score (nSPS) is 15.4. The van der Waals surface area contributed by atoms with Gasteiger partial charge < -0.3 is 4.90 Å². The van der Waals surface area contributed by atoms with Crippen LogP contribution in [0.5, 0.6) is 0 Å². The molecule has 136 valence electrons. The predicted octanol–water partition coefficient (Wildman–Crippen LogP) is 4.99. The number of hydrogen-bond acceptors (Lipinski definition) is 4. The molecule has 1 aromatic carbocycles. The predicted molar refractivity (Wildman–Crippen MR) is 103 cm³/mol. The zero-order chi connectivity index (χ0) is 17.5. The first-order valence-electron chi connectivity index (χ1n) is 8.83. The van der Waals surface area contributed by atoms with Crippen LogP contribution in [0.2, 0.25) is 10.0 Å². The minimum atomic E-state index is 0.585. The Hall–Kier alpha value is -1.27. The lowest BCUT2D eigenvalue weighted by molar-refractivity contribution is 0.173. The first-order valence-corrected chi connectivity index (χ1v) is 9.59. The van der Waals surface area contributed by atoms with Crippen molar-refractivity contribution in [2.75, 3.05) is 31.7 Å². The highest BCUT2D eigenvalue weighted by Gasteiger charge is 2.10. The first-order chi connectivity index (χ1) is 12.2. The number of nitrogens with zero attached hydrogens (tertiary/aromatic N) is 2.